The summed E-state index contributed by atoms with van der Waals surface area (Å²) in [6.45, 7) is 11.5. The molecule has 3 N–H and O–H groups in total. The first kappa shape index (κ1) is 39.7. The van der Waals surface area contributed by atoms with E-state index in [1.54, 1.807) is 0 Å². The minimum Gasteiger partial charge on any atom is -0.493 e. The van der Waals surface area contributed by atoms with Crippen molar-refractivity contribution >= 4 is 23.1 Å². The highest BCUT2D eigenvalue weighted by Gasteiger charge is 2.49. The van der Waals surface area contributed by atoms with Crippen molar-refractivity contribution in [3.05, 3.63) is 76.8 Å². The third kappa shape index (κ3) is 9.84. The third-order valence-electron chi connectivity index (χ3n) is 11.6. The first-order chi connectivity index (χ1) is 25.5. The van der Waals surface area contributed by atoms with Crippen LogP contribution in [0.15, 0.2) is 60.7 Å². The summed E-state index contributed by atoms with van der Waals surface area (Å²) in [5.41, 5.74) is 1.79. The Morgan fingerprint density at radius 1 is 0.887 bits per heavy atom. The van der Waals surface area contributed by atoms with Crippen LogP contribution in [0, 0.1) is 5.41 Å². The van der Waals surface area contributed by atoms with Gasteiger partial charge in [-0.25, -0.2) is 0 Å². The lowest BCUT2D eigenvalue weighted by Crippen LogP contribution is -2.52. The van der Waals surface area contributed by atoms with Gasteiger partial charge in [0.15, 0.2) is 0 Å². The molecule has 0 amide bonds. The van der Waals surface area contributed by atoms with E-state index < -0.39 is 23.0 Å². The van der Waals surface area contributed by atoms with Crippen molar-refractivity contribution in [3.63, 3.8) is 0 Å². The number of hydrogen-bond acceptors (Lipinski definition) is 9. The fourth-order valence-corrected chi connectivity index (χ4v) is 8.61. The number of benzene rings is 2. The zero-order valence-electron chi connectivity index (χ0n) is 31.4. The van der Waals surface area contributed by atoms with E-state index in [-0.39, 0.29) is 18.8 Å². The smallest absolute Gasteiger partial charge is 0.320 e. The molecule has 0 aromatic heterocycles. The summed E-state index contributed by atoms with van der Waals surface area (Å²) in [5, 5.41) is 30.4. The SMILES string of the molecule is CC1(C)C(c2ccccc2)=CC=CC1(COc1cc(OCCCN2CC[C@@H](O)C2)c(CN2CCCC[C@H]2C(=O)O)cc1Cl)OCCCN1CC[C@@H](O)C1. The Balaban J connectivity index is 1.22. The van der Waals surface area contributed by atoms with Gasteiger partial charge in [0.05, 0.1) is 23.8 Å². The van der Waals surface area contributed by atoms with Crippen molar-refractivity contribution in [2.75, 3.05) is 65.6 Å². The largest absolute Gasteiger partial charge is 0.493 e. The van der Waals surface area contributed by atoms with Crippen LogP contribution in [0.5, 0.6) is 11.5 Å². The van der Waals surface area contributed by atoms with E-state index in [1.165, 1.54) is 0 Å². The summed E-state index contributed by atoms with van der Waals surface area (Å²) in [6, 6.07) is 13.5. The topological polar surface area (TPSA) is 115 Å². The number of aliphatic carboxylic acids is 1. The van der Waals surface area contributed by atoms with E-state index in [2.05, 4.69) is 54.0 Å². The van der Waals surface area contributed by atoms with Gasteiger partial charge in [-0.05, 0) is 68.3 Å². The number of aliphatic hydroxyl groups excluding tert-OH is 2. The number of hydrogen-bond donors (Lipinski definition) is 3. The van der Waals surface area contributed by atoms with Crippen molar-refractivity contribution in [2.45, 2.75) is 89.2 Å². The van der Waals surface area contributed by atoms with Gasteiger partial charge < -0.3 is 39.3 Å². The number of allylic oxidation sites excluding steroid dienone is 2. The van der Waals surface area contributed by atoms with Crippen LogP contribution in [0.2, 0.25) is 5.02 Å². The van der Waals surface area contributed by atoms with Crippen LogP contribution in [-0.4, -0.2) is 125 Å². The fraction of sp³-hybridized carbons (Fsp3) is 0.595. The Kier molecular flexibility index (Phi) is 13.6. The average molecular weight is 752 g/mol. The molecule has 11 heteroatoms. The van der Waals surface area contributed by atoms with Crippen LogP contribution in [0.4, 0.5) is 0 Å². The molecule has 53 heavy (non-hydrogen) atoms. The van der Waals surface area contributed by atoms with E-state index in [0.717, 1.165) is 81.4 Å². The molecule has 3 aliphatic heterocycles. The van der Waals surface area contributed by atoms with Gasteiger partial charge >= 0.3 is 5.97 Å². The molecule has 4 aliphatic rings. The number of β-amino-alcohol motifs (C(OH)–C–C–N with tert-alkyl or cyclic N) is 2. The molecule has 1 unspecified atom stereocenters. The summed E-state index contributed by atoms with van der Waals surface area (Å²) in [4.78, 5) is 18.7. The summed E-state index contributed by atoms with van der Waals surface area (Å²) in [6.07, 6.45) is 11.5. The maximum absolute atomic E-state index is 12.2. The highest BCUT2D eigenvalue weighted by atomic mass is 35.5. The predicted molar refractivity (Wildman–Crippen MR) is 208 cm³/mol. The Morgan fingerprint density at radius 3 is 2.25 bits per heavy atom. The molecule has 10 nitrogen and oxygen atoms in total. The number of nitrogens with zero attached hydrogens (tertiary/aromatic N) is 3. The molecular weight excluding hydrogens is 694 g/mol. The van der Waals surface area contributed by atoms with E-state index in [0.29, 0.717) is 62.3 Å². The van der Waals surface area contributed by atoms with Crippen molar-refractivity contribution in [3.8, 4) is 11.5 Å². The molecule has 2 aromatic rings. The molecule has 3 heterocycles. The predicted octanol–water partition coefficient (Wildman–Crippen LogP) is 5.89. The van der Waals surface area contributed by atoms with Crippen LogP contribution < -0.4 is 9.47 Å². The lowest BCUT2D eigenvalue weighted by atomic mass is 9.65. The summed E-state index contributed by atoms with van der Waals surface area (Å²) in [5.74, 6) is 0.309. The molecule has 3 saturated heterocycles. The van der Waals surface area contributed by atoms with E-state index in [1.807, 2.05) is 35.2 Å². The molecule has 0 radical (unpaired) electrons. The van der Waals surface area contributed by atoms with E-state index in [4.69, 9.17) is 25.8 Å². The maximum Gasteiger partial charge on any atom is 0.320 e. The zero-order valence-corrected chi connectivity index (χ0v) is 32.2. The van der Waals surface area contributed by atoms with E-state index >= 15 is 0 Å². The van der Waals surface area contributed by atoms with Crippen molar-refractivity contribution in [1.29, 1.82) is 0 Å². The molecule has 0 bridgehead atoms. The molecule has 3 fully saturated rings. The van der Waals surface area contributed by atoms with Gasteiger partial charge in [0.1, 0.15) is 29.7 Å². The molecule has 0 saturated carbocycles. The Morgan fingerprint density at radius 2 is 1.58 bits per heavy atom. The monoisotopic (exact) mass is 751 g/mol. The van der Waals surface area contributed by atoms with Gasteiger partial charge in [0.25, 0.3) is 0 Å². The van der Waals surface area contributed by atoms with Crippen molar-refractivity contribution in [1.82, 2.24) is 14.7 Å². The Labute approximate surface area is 320 Å². The van der Waals surface area contributed by atoms with Crippen LogP contribution in [0.1, 0.15) is 69.9 Å². The second-order valence-corrected chi connectivity index (χ2v) is 16.1. The molecule has 1 aliphatic carbocycles. The first-order valence-electron chi connectivity index (χ1n) is 19.5. The number of carboxylic acid groups (broad SMARTS) is 1. The third-order valence-corrected chi connectivity index (χ3v) is 11.9. The minimum atomic E-state index is -0.830. The maximum atomic E-state index is 12.2. The highest BCUT2D eigenvalue weighted by molar-refractivity contribution is 6.32. The van der Waals surface area contributed by atoms with Crippen molar-refractivity contribution < 1.29 is 34.3 Å². The van der Waals surface area contributed by atoms with Crippen LogP contribution in [0.3, 0.4) is 0 Å². The van der Waals surface area contributed by atoms with Gasteiger partial charge in [-0.1, -0.05) is 74.4 Å². The molecule has 4 atom stereocenters. The van der Waals surface area contributed by atoms with Gasteiger partial charge in [-0.3, -0.25) is 9.69 Å². The number of ether oxygens (including phenoxy) is 3. The van der Waals surface area contributed by atoms with E-state index in [9.17, 15) is 20.1 Å². The number of aliphatic hydroxyl groups is 2. The number of carbonyl (C=O) groups is 1. The number of piperidine rings is 1. The summed E-state index contributed by atoms with van der Waals surface area (Å²) >= 11 is 7.01. The lowest BCUT2D eigenvalue weighted by Gasteiger charge is -2.47. The first-order valence-corrected chi connectivity index (χ1v) is 19.9. The molecule has 6 rings (SSSR count). The normalized spacial score (nSPS) is 26.5. The van der Waals surface area contributed by atoms with Gasteiger partial charge in [0.2, 0.25) is 0 Å². The minimum absolute atomic E-state index is 0.201. The second-order valence-electron chi connectivity index (χ2n) is 15.7. The number of carboxylic acids is 1. The Bertz CT molecular complexity index is 1590. The van der Waals surface area contributed by atoms with Crippen LogP contribution in [-0.2, 0) is 16.1 Å². The van der Waals surface area contributed by atoms with Gasteiger partial charge in [-0.15, -0.1) is 0 Å². The quantitative estimate of drug-likeness (QED) is 0.169. The number of halogens is 1. The number of rotatable bonds is 17. The summed E-state index contributed by atoms with van der Waals surface area (Å²) < 4.78 is 20.0. The van der Waals surface area contributed by atoms with Crippen molar-refractivity contribution in [2.24, 2.45) is 5.41 Å². The summed E-state index contributed by atoms with van der Waals surface area (Å²) in [7, 11) is 0. The fourth-order valence-electron chi connectivity index (χ4n) is 8.37. The Hall–Kier alpha value is -2.96. The zero-order chi connectivity index (χ0) is 37.4. The standard InChI is InChI=1S/C42H58ClN3O7/c1-41(2)35(31-11-4-3-5-12-31)13-8-17-42(41,53-24-10-19-45-22-16-34(48)29-45)30-52-39-26-38(51-23-9-18-44-21-15-33(47)28-44)32(25-36(39)43)27-46-20-7-6-14-37(46)40(49)50/h3-5,8,11-13,17,25-26,33-34,37,47-48H,6-7,9-10,14-16,18-24,27-30H2,1-2H3,(H,49,50)/t33-,34-,37+,42?/m1/s1. The molecule has 2 aromatic carbocycles. The van der Waals surface area contributed by atoms with Gasteiger partial charge in [-0.2, -0.15) is 0 Å². The molecular formula is C42H58ClN3O7. The molecule has 0 spiro atoms. The molecule has 290 valence electrons. The van der Waals surface area contributed by atoms with Crippen LogP contribution in [0.25, 0.3) is 5.57 Å². The van der Waals surface area contributed by atoms with Gasteiger partial charge in [0, 0.05) is 69.5 Å². The second kappa shape index (κ2) is 18.1. The average Bonchev–Trinajstić information content (AvgIpc) is 3.76. The number of likely N-dealkylation sites (tertiary alicyclic amines) is 3. The highest BCUT2D eigenvalue weighted by Crippen LogP contribution is 2.49. The lowest BCUT2D eigenvalue weighted by molar-refractivity contribution is -0.144. The van der Waals surface area contributed by atoms with Crippen LogP contribution >= 0.6 is 11.6 Å².